The topological polar surface area (TPSA) is 113 Å². The van der Waals surface area contributed by atoms with Crippen molar-refractivity contribution in [2.75, 3.05) is 45.2 Å². The Balaban J connectivity index is 1.95. The molecule has 2 aromatic rings. The molecule has 1 aliphatic rings. The lowest BCUT2D eigenvalue weighted by molar-refractivity contribution is -0.120. The van der Waals surface area contributed by atoms with Crippen LogP contribution >= 0.6 is 11.6 Å². The number of rotatable bonds is 10. The Morgan fingerprint density at radius 2 is 2.23 bits per heavy atom. The number of amides is 1. The van der Waals surface area contributed by atoms with Crippen LogP contribution in [-0.4, -0.2) is 60.8 Å². The number of nitrogens with one attached hydrogen (secondary N) is 2. The molecule has 10 heteroatoms. The quantitative estimate of drug-likeness (QED) is 0.370. The van der Waals surface area contributed by atoms with Crippen molar-refractivity contribution in [1.29, 1.82) is 0 Å². The highest BCUT2D eigenvalue weighted by atomic mass is 35.5. The summed E-state index contributed by atoms with van der Waals surface area (Å²) in [7, 11) is 1.82. The van der Waals surface area contributed by atoms with Gasteiger partial charge in [0.25, 0.3) is 0 Å². The van der Waals surface area contributed by atoms with Crippen molar-refractivity contribution in [3.63, 3.8) is 0 Å². The van der Waals surface area contributed by atoms with Gasteiger partial charge < -0.3 is 31.1 Å². The molecule has 0 bridgehead atoms. The van der Waals surface area contributed by atoms with E-state index >= 15 is 0 Å². The van der Waals surface area contributed by atoms with Crippen LogP contribution < -0.4 is 21.1 Å². The highest BCUT2D eigenvalue weighted by Crippen LogP contribution is 2.39. The molecule has 186 valence electrons. The largest absolute Gasteiger partial charge is 0.487 e. The number of ether oxygens (including phenoxy) is 1. The summed E-state index contributed by atoms with van der Waals surface area (Å²) in [5, 5.41) is 15.3. The Kier molecular flexibility index (Phi) is 9.25. The molecule has 35 heavy (non-hydrogen) atoms. The predicted molar refractivity (Wildman–Crippen MR) is 136 cm³/mol. The fraction of sp³-hybridized carbons (Fsp3) is 0.280. The number of likely N-dealkylation sites (N-methyl/N-ethyl adjacent to an activating group) is 1. The van der Waals surface area contributed by atoms with Crippen LogP contribution in [0.2, 0.25) is 5.02 Å². The number of allylic oxidation sites excluding steroid dienone is 3. The van der Waals surface area contributed by atoms with Gasteiger partial charge in [-0.3, -0.25) is 4.79 Å². The highest BCUT2D eigenvalue weighted by Gasteiger charge is 2.21. The van der Waals surface area contributed by atoms with E-state index in [2.05, 4.69) is 22.2 Å². The van der Waals surface area contributed by atoms with E-state index in [0.29, 0.717) is 65.4 Å². The minimum absolute atomic E-state index is 0.0196. The zero-order valence-corrected chi connectivity index (χ0v) is 20.2. The third-order valence-corrected chi connectivity index (χ3v) is 5.56. The molecule has 1 aliphatic heterocycles. The van der Waals surface area contributed by atoms with E-state index in [-0.39, 0.29) is 24.5 Å². The van der Waals surface area contributed by atoms with Gasteiger partial charge in [-0.15, -0.1) is 0 Å². The first kappa shape index (κ1) is 26.2. The van der Waals surface area contributed by atoms with E-state index in [9.17, 15) is 9.18 Å². The van der Waals surface area contributed by atoms with Crippen molar-refractivity contribution >= 4 is 28.9 Å². The molecule has 0 atom stereocenters. The summed E-state index contributed by atoms with van der Waals surface area (Å²) >= 11 is 6.10. The summed E-state index contributed by atoms with van der Waals surface area (Å²) in [5.41, 5.74) is 7.93. The molecule has 0 fully saturated rings. The van der Waals surface area contributed by atoms with Gasteiger partial charge in [0.1, 0.15) is 12.4 Å². The average molecular weight is 502 g/mol. The van der Waals surface area contributed by atoms with E-state index < -0.39 is 5.82 Å². The Hall–Kier alpha value is -3.40. The summed E-state index contributed by atoms with van der Waals surface area (Å²) in [6.07, 6.45) is 4.76. The van der Waals surface area contributed by atoms with E-state index in [1.54, 1.807) is 18.2 Å². The zero-order valence-electron chi connectivity index (χ0n) is 19.5. The smallest absolute Gasteiger partial charge is 0.225 e. The van der Waals surface area contributed by atoms with Crippen LogP contribution in [-0.2, 0) is 4.79 Å². The van der Waals surface area contributed by atoms with Gasteiger partial charge in [0, 0.05) is 41.9 Å². The first-order valence-corrected chi connectivity index (χ1v) is 11.5. The van der Waals surface area contributed by atoms with Crippen LogP contribution in [0.15, 0.2) is 54.9 Å². The number of hydrogen-bond donors (Lipinski definition) is 4. The van der Waals surface area contributed by atoms with Crippen molar-refractivity contribution in [2.24, 2.45) is 5.73 Å². The van der Waals surface area contributed by atoms with Crippen molar-refractivity contribution in [3.05, 3.63) is 71.3 Å². The SMILES string of the molecule is C=C/C(=C\C(=C/N)NC(=O)CCN(C)CCO)c1cc(-c2cc(Cl)ccc2F)nc2c1OCCN2. The number of halogens is 2. The number of aliphatic hydroxyl groups is 1. The van der Waals surface area contributed by atoms with Gasteiger partial charge >= 0.3 is 0 Å². The Morgan fingerprint density at radius 3 is 2.94 bits per heavy atom. The highest BCUT2D eigenvalue weighted by molar-refractivity contribution is 6.30. The second-order valence-electron chi connectivity index (χ2n) is 7.88. The number of hydrogen-bond acceptors (Lipinski definition) is 7. The van der Waals surface area contributed by atoms with Crippen LogP contribution in [0.1, 0.15) is 12.0 Å². The first-order valence-electron chi connectivity index (χ1n) is 11.1. The zero-order chi connectivity index (χ0) is 25.4. The van der Waals surface area contributed by atoms with Gasteiger partial charge in [-0.05, 0) is 43.0 Å². The molecular weight excluding hydrogens is 473 g/mol. The fourth-order valence-electron chi connectivity index (χ4n) is 3.51. The summed E-state index contributed by atoms with van der Waals surface area (Å²) in [6, 6.07) is 5.96. The number of benzene rings is 1. The van der Waals surface area contributed by atoms with Gasteiger partial charge in [0.2, 0.25) is 5.91 Å². The number of nitrogens with zero attached hydrogens (tertiary/aromatic N) is 2. The van der Waals surface area contributed by atoms with E-state index in [4.69, 9.17) is 27.2 Å². The summed E-state index contributed by atoms with van der Waals surface area (Å²) < 4.78 is 20.5. The van der Waals surface area contributed by atoms with Crippen LogP contribution in [0.3, 0.4) is 0 Å². The number of fused-ring (bicyclic) bond motifs is 1. The molecule has 8 nitrogen and oxygen atoms in total. The molecular formula is C25H29ClFN5O3. The van der Waals surface area contributed by atoms with E-state index in [1.165, 1.54) is 24.4 Å². The number of nitrogens with two attached hydrogens (primary N) is 1. The van der Waals surface area contributed by atoms with Crippen LogP contribution in [0.25, 0.3) is 16.8 Å². The minimum atomic E-state index is -0.463. The molecule has 0 unspecified atom stereocenters. The van der Waals surface area contributed by atoms with E-state index in [0.717, 1.165) is 0 Å². The summed E-state index contributed by atoms with van der Waals surface area (Å²) in [5.74, 6) is 0.254. The maximum Gasteiger partial charge on any atom is 0.225 e. The van der Waals surface area contributed by atoms with Crippen molar-refractivity contribution in [1.82, 2.24) is 15.2 Å². The number of aromatic nitrogens is 1. The predicted octanol–water partition coefficient (Wildman–Crippen LogP) is 3.15. The number of anilines is 1. The maximum atomic E-state index is 14.6. The molecule has 0 aliphatic carbocycles. The normalized spacial score (nSPS) is 13.6. The Morgan fingerprint density at radius 1 is 1.43 bits per heavy atom. The van der Waals surface area contributed by atoms with Crippen molar-refractivity contribution in [3.8, 4) is 17.0 Å². The molecule has 5 N–H and O–H groups in total. The molecule has 1 amide bonds. The van der Waals surface area contributed by atoms with Crippen LogP contribution in [0.4, 0.5) is 10.2 Å². The second-order valence-corrected chi connectivity index (χ2v) is 8.32. The fourth-order valence-corrected chi connectivity index (χ4v) is 3.68. The summed E-state index contributed by atoms with van der Waals surface area (Å²) in [4.78, 5) is 18.8. The monoisotopic (exact) mass is 501 g/mol. The van der Waals surface area contributed by atoms with Crippen LogP contribution in [0.5, 0.6) is 5.75 Å². The van der Waals surface area contributed by atoms with Crippen molar-refractivity contribution in [2.45, 2.75) is 6.42 Å². The van der Waals surface area contributed by atoms with Gasteiger partial charge in [0.05, 0.1) is 24.5 Å². The third-order valence-electron chi connectivity index (χ3n) is 5.33. The summed E-state index contributed by atoms with van der Waals surface area (Å²) in [6.45, 7) is 5.84. The number of pyridine rings is 1. The van der Waals surface area contributed by atoms with Gasteiger partial charge in [-0.25, -0.2) is 9.37 Å². The second kappa shape index (κ2) is 12.3. The van der Waals surface area contributed by atoms with Gasteiger partial charge in [0.15, 0.2) is 11.6 Å². The standard InChI is InChI=1S/C25H29ClFN5O3/c1-3-16(12-18(15-28)30-23(34)6-8-32(2)9-10-33)19-14-22(20-13-17(26)4-5-21(20)27)31-25-24(19)35-11-7-29-25/h3-5,12-15,33H,1,6-11,28H2,2H3,(H,29,31)(H,30,34)/b16-12+,18-15+. The molecule has 1 aromatic carbocycles. The van der Waals surface area contributed by atoms with Gasteiger partial charge in [-0.1, -0.05) is 24.3 Å². The molecule has 0 radical (unpaired) electrons. The number of carbonyl (C=O) groups is 1. The molecule has 3 rings (SSSR count). The molecule has 0 spiro atoms. The van der Waals surface area contributed by atoms with Crippen LogP contribution in [0, 0.1) is 5.82 Å². The van der Waals surface area contributed by atoms with Crippen molar-refractivity contribution < 1.29 is 19.0 Å². The Bertz CT molecular complexity index is 1150. The van der Waals surface area contributed by atoms with E-state index in [1.807, 2.05) is 11.9 Å². The average Bonchev–Trinajstić information content (AvgIpc) is 2.86. The minimum Gasteiger partial charge on any atom is -0.487 e. The number of carbonyl (C=O) groups excluding carboxylic acids is 1. The lowest BCUT2D eigenvalue weighted by Crippen LogP contribution is -2.30. The third kappa shape index (κ3) is 6.82. The molecule has 0 saturated carbocycles. The molecule has 2 heterocycles. The van der Waals surface area contributed by atoms with Gasteiger partial charge in [-0.2, -0.15) is 0 Å². The lowest BCUT2D eigenvalue weighted by atomic mass is 10.00. The molecule has 1 aromatic heterocycles. The maximum absolute atomic E-state index is 14.6. The number of aliphatic hydroxyl groups excluding tert-OH is 1. The molecule has 0 saturated heterocycles. The lowest BCUT2D eigenvalue weighted by Gasteiger charge is -2.23. The Labute approximate surface area is 208 Å². The first-order chi connectivity index (χ1) is 16.9.